The largest absolute Gasteiger partial charge is 0.493 e. The Morgan fingerprint density at radius 3 is 2.43 bits per heavy atom. The van der Waals surface area contributed by atoms with Gasteiger partial charge in [0.1, 0.15) is 31.2 Å². The Bertz CT molecular complexity index is 1380. The quantitative estimate of drug-likeness (QED) is 0.178. The van der Waals surface area contributed by atoms with Crippen LogP contribution in [0.5, 0.6) is 11.5 Å². The number of ether oxygens (including phenoxy) is 7. The molecule has 1 aromatic carbocycles. The lowest BCUT2D eigenvalue weighted by Crippen LogP contribution is -2.44. The molecule has 1 aliphatic heterocycles. The number of aromatic nitrogens is 1. The van der Waals surface area contributed by atoms with Gasteiger partial charge in [-0.25, -0.2) is 9.78 Å². The van der Waals surface area contributed by atoms with Crippen LogP contribution in [-0.4, -0.2) is 86.7 Å². The molecular formula is C33H42N2O12. The van der Waals surface area contributed by atoms with Gasteiger partial charge in [-0.15, -0.1) is 0 Å². The van der Waals surface area contributed by atoms with Gasteiger partial charge in [-0.3, -0.25) is 19.2 Å². The second-order valence-corrected chi connectivity index (χ2v) is 11.4. The van der Waals surface area contributed by atoms with Crippen LogP contribution in [0.2, 0.25) is 0 Å². The average Bonchev–Trinajstić information content (AvgIpc) is 3.08. The lowest BCUT2D eigenvalue weighted by Gasteiger charge is -2.29. The number of nitrogens with one attached hydrogen (secondary N) is 1. The van der Waals surface area contributed by atoms with Gasteiger partial charge < -0.3 is 38.5 Å². The molecule has 47 heavy (non-hydrogen) atoms. The monoisotopic (exact) mass is 658 g/mol. The van der Waals surface area contributed by atoms with Gasteiger partial charge in [0.15, 0.2) is 23.3 Å². The number of nitrogens with zero attached hydrogens (tertiary/aromatic N) is 1. The molecule has 0 bridgehead atoms. The summed E-state index contributed by atoms with van der Waals surface area (Å²) in [7, 11) is 1.35. The molecule has 2 aromatic rings. The minimum atomic E-state index is -1.12. The molecule has 1 aromatic heterocycles. The number of hydrogen-bond donors (Lipinski definition) is 1. The molecule has 14 heteroatoms. The molecule has 1 saturated heterocycles. The van der Waals surface area contributed by atoms with Crippen LogP contribution >= 0.6 is 0 Å². The van der Waals surface area contributed by atoms with E-state index in [0.29, 0.717) is 0 Å². The summed E-state index contributed by atoms with van der Waals surface area (Å²) in [6.07, 6.45) is -0.837. The zero-order valence-corrected chi connectivity index (χ0v) is 27.4. The molecule has 1 N–H and O–H groups in total. The summed E-state index contributed by atoms with van der Waals surface area (Å²) in [4.78, 5) is 68.5. The molecule has 0 radical (unpaired) electrons. The Morgan fingerprint density at radius 1 is 1.04 bits per heavy atom. The Balaban J connectivity index is 1.74. The van der Waals surface area contributed by atoms with Gasteiger partial charge in [-0.2, -0.15) is 0 Å². The summed E-state index contributed by atoms with van der Waals surface area (Å²) < 4.78 is 37.9. The van der Waals surface area contributed by atoms with Gasteiger partial charge in [-0.05, 0) is 32.8 Å². The van der Waals surface area contributed by atoms with E-state index in [9.17, 15) is 24.0 Å². The van der Waals surface area contributed by atoms with Gasteiger partial charge in [0.2, 0.25) is 6.79 Å². The van der Waals surface area contributed by atoms with E-state index in [1.54, 1.807) is 27.7 Å². The first-order chi connectivity index (χ1) is 22.4. The van der Waals surface area contributed by atoms with Crippen molar-refractivity contribution in [1.29, 1.82) is 0 Å². The van der Waals surface area contributed by atoms with Gasteiger partial charge in [-0.1, -0.05) is 44.2 Å². The number of amides is 1. The number of carbonyl (C=O) groups is 5. The maximum atomic E-state index is 13.4. The molecule has 2 heterocycles. The SMILES string of the molecule is COc1ccnc(C(=O)NCC2COC(=O)C(Cc3ccccc3)C(OC(=O)C(C)C)[C@H](C)OC2=O)c1OCOC(=O)COC(C)C. The summed E-state index contributed by atoms with van der Waals surface area (Å²) in [6.45, 7) is 6.81. The summed E-state index contributed by atoms with van der Waals surface area (Å²) in [5.74, 6) is -6.01. The molecule has 3 unspecified atom stereocenters. The summed E-state index contributed by atoms with van der Waals surface area (Å²) in [5, 5.41) is 2.59. The van der Waals surface area contributed by atoms with Crippen molar-refractivity contribution < 1.29 is 57.1 Å². The fourth-order valence-electron chi connectivity index (χ4n) is 4.45. The van der Waals surface area contributed by atoms with E-state index >= 15 is 0 Å². The van der Waals surface area contributed by atoms with Crippen LogP contribution in [0.4, 0.5) is 0 Å². The molecule has 14 nitrogen and oxygen atoms in total. The number of carbonyl (C=O) groups excluding carboxylic acids is 5. The summed E-state index contributed by atoms with van der Waals surface area (Å²) in [5.41, 5.74) is 0.577. The second kappa shape index (κ2) is 17.8. The Morgan fingerprint density at radius 2 is 1.77 bits per heavy atom. The topological polar surface area (TPSA) is 175 Å². The van der Waals surface area contributed by atoms with Crippen molar-refractivity contribution >= 4 is 29.8 Å². The fourth-order valence-corrected chi connectivity index (χ4v) is 4.45. The van der Waals surface area contributed by atoms with Gasteiger partial charge in [0.05, 0.1) is 19.1 Å². The van der Waals surface area contributed by atoms with Crippen molar-refractivity contribution in [3.63, 3.8) is 0 Å². The third-order valence-electron chi connectivity index (χ3n) is 7.02. The molecule has 1 aliphatic rings. The van der Waals surface area contributed by atoms with Crippen LogP contribution in [0.1, 0.15) is 50.7 Å². The molecule has 256 valence electrons. The first-order valence-corrected chi connectivity index (χ1v) is 15.2. The van der Waals surface area contributed by atoms with Gasteiger partial charge in [0, 0.05) is 18.8 Å². The lowest BCUT2D eigenvalue weighted by molar-refractivity contribution is -0.177. The van der Waals surface area contributed by atoms with E-state index in [1.807, 2.05) is 30.3 Å². The van der Waals surface area contributed by atoms with Crippen molar-refractivity contribution in [1.82, 2.24) is 10.3 Å². The molecule has 3 rings (SSSR count). The molecular weight excluding hydrogens is 616 g/mol. The molecule has 1 fully saturated rings. The van der Waals surface area contributed by atoms with Crippen molar-refractivity contribution in [2.45, 2.75) is 59.4 Å². The number of methoxy groups -OCH3 is 1. The van der Waals surface area contributed by atoms with Gasteiger partial charge >= 0.3 is 23.9 Å². The fraction of sp³-hybridized carbons (Fsp3) is 0.515. The van der Waals surface area contributed by atoms with Crippen LogP contribution in [0.25, 0.3) is 0 Å². The maximum Gasteiger partial charge on any atom is 0.334 e. The highest BCUT2D eigenvalue weighted by atomic mass is 16.7. The van der Waals surface area contributed by atoms with Crippen LogP contribution in [0, 0.1) is 17.8 Å². The summed E-state index contributed by atoms with van der Waals surface area (Å²) in [6, 6.07) is 10.6. The highest BCUT2D eigenvalue weighted by Gasteiger charge is 2.42. The van der Waals surface area contributed by atoms with Crippen molar-refractivity contribution in [3.05, 3.63) is 53.9 Å². The number of pyridine rings is 1. The summed E-state index contributed by atoms with van der Waals surface area (Å²) >= 11 is 0. The molecule has 0 saturated carbocycles. The molecule has 0 aliphatic carbocycles. The van der Waals surface area contributed by atoms with E-state index in [4.69, 9.17) is 33.2 Å². The Labute approximate surface area is 273 Å². The zero-order chi connectivity index (χ0) is 34.5. The minimum absolute atomic E-state index is 0.110. The number of cyclic esters (lactones) is 2. The number of benzene rings is 1. The lowest BCUT2D eigenvalue weighted by atomic mass is 9.91. The van der Waals surface area contributed by atoms with Crippen LogP contribution in [0.3, 0.4) is 0 Å². The zero-order valence-electron chi connectivity index (χ0n) is 27.4. The first-order valence-electron chi connectivity index (χ1n) is 15.2. The van der Waals surface area contributed by atoms with Crippen LogP contribution in [0.15, 0.2) is 42.6 Å². The third-order valence-corrected chi connectivity index (χ3v) is 7.02. The molecule has 0 spiro atoms. The maximum absolute atomic E-state index is 13.4. The van der Waals surface area contributed by atoms with Crippen molar-refractivity contribution in [3.8, 4) is 11.5 Å². The predicted octanol–water partition coefficient (Wildman–Crippen LogP) is 2.66. The number of esters is 4. The normalized spacial score (nSPS) is 19.8. The molecule has 4 atom stereocenters. The second-order valence-electron chi connectivity index (χ2n) is 11.4. The third kappa shape index (κ3) is 10.9. The highest BCUT2D eigenvalue weighted by molar-refractivity contribution is 5.96. The number of rotatable bonds is 14. The first kappa shape index (κ1) is 36.7. The minimum Gasteiger partial charge on any atom is -0.493 e. The van der Waals surface area contributed by atoms with E-state index in [2.05, 4.69) is 10.3 Å². The van der Waals surface area contributed by atoms with Crippen molar-refractivity contribution in [2.75, 3.05) is 33.7 Å². The Kier molecular flexibility index (Phi) is 13.9. The predicted molar refractivity (Wildman–Crippen MR) is 164 cm³/mol. The highest BCUT2D eigenvalue weighted by Crippen LogP contribution is 2.30. The van der Waals surface area contributed by atoms with E-state index in [0.717, 1.165) is 5.56 Å². The number of hydrogen-bond acceptors (Lipinski definition) is 13. The van der Waals surface area contributed by atoms with E-state index in [-0.39, 0.29) is 42.9 Å². The van der Waals surface area contributed by atoms with Crippen molar-refractivity contribution in [2.24, 2.45) is 17.8 Å². The Hall–Kier alpha value is -4.72. The van der Waals surface area contributed by atoms with E-state index in [1.165, 1.54) is 26.3 Å². The van der Waals surface area contributed by atoms with Crippen LogP contribution < -0.4 is 14.8 Å². The molecule has 1 amide bonds. The van der Waals surface area contributed by atoms with Crippen LogP contribution in [-0.2, 0) is 49.3 Å². The van der Waals surface area contributed by atoms with E-state index < -0.39 is 73.1 Å². The average molecular weight is 659 g/mol. The van der Waals surface area contributed by atoms with Gasteiger partial charge in [0.25, 0.3) is 5.91 Å². The smallest absolute Gasteiger partial charge is 0.334 e. The standard InChI is InChI=1S/C33H42N2O12/c1-19(2)31(38)47-28-21(5)46-32(39)23(16-43-33(40)24(28)14-22-10-8-7-9-11-22)15-35-30(37)27-29(25(41-6)12-13-34-27)45-18-44-26(36)17-42-20(3)4/h7-13,19-21,23-24,28H,14-18H2,1-6H3,(H,35,37)/t21-,23?,24?,28?/m0/s1.